The lowest BCUT2D eigenvalue weighted by Crippen LogP contribution is -2.37. The highest BCUT2D eigenvalue weighted by Crippen LogP contribution is 2.25. The fourth-order valence-corrected chi connectivity index (χ4v) is 4.05. The molecule has 0 saturated carbocycles. The zero-order valence-corrected chi connectivity index (χ0v) is 16.3. The number of carbonyl (C=O) groups excluding carboxylic acids is 1. The lowest BCUT2D eigenvalue weighted by atomic mass is 10.3. The van der Waals surface area contributed by atoms with Crippen molar-refractivity contribution in [2.75, 3.05) is 18.4 Å². The van der Waals surface area contributed by atoms with Crippen LogP contribution in [0.4, 0.5) is 5.69 Å². The van der Waals surface area contributed by atoms with Gasteiger partial charge in [-0.25, -0.2) is 8.42 Å². The fraction of sp³-hybridized carbons (Fsp3) is 0.188. The van der Waals surface area contributed by atoms with Gasteiger partial charge in [0.15, 0.2) is 0 Å². The lowest BCUT2D eigenvalue weighted by molar-refractivity contribution is -0.116. The summed E-state index contributed by atoms with van der Waals surface area (Å²) in [6.07, 6.45) is 0. The molecule has 0 aliphatic carbocycles. The predicted molar refractivity (Wildman–Crippen MR) is 101 cm³/mol. The van der Waals surface area contributed by atoms with Gasteiger partial charge in [0, 0.05) is 16.6 Å². The van der Waals surface area contributed by atoms with Gasteiger partial charge in [0.1, 0.15) is 0 Å². The van der Waals surface area contributed by atoms with E-state index in [0.29, 0.717) is 15.7 Å². The molecule has 1 amide bonds. The number of hydrogen-bond acceptors (Lipinski definition) is 3. The highest BCUT2D eigenvalue weighted by Gasteiger charge is 2.25. The molecule has 0 saturated heterocycles. The first-order chi connectivity index (χ1) is 11.7. The predicted octanol–water partition coefficient (Wildman–Crippen LogP) is 4.30. The van der Waals surface area contributed by atoms with E-state index in [9.17, 15) is 13.2 Å². The fourth-order valence-electron chi connectivity index (χ4n) is 2.06. The van der Waals surface area contributed by atoms with Crippen LogP contribution in [0.2, 0.25) is 15.1 Å². The van der Waals surface area contributed by atoms with Crippen LogP contribution in [0.1, 0.15) is 6.92 Å². The molecule has 5 nitrogen and oxygen atoms in total. The van der Waals surface area contributed by atoms with Crippen LogP contribution < -0.4 is 5.32 Å². The second-order valence-corrected chi connectivity index (χ2v) is 8.28. The summed E-state index contributed by atoms with van der Waals surface area (Å²) >= 11 is 17.6. The van der Waals surface area contributed by atoms with Crippen molar-refractivity contribution in [2.24, 2.45) is 0 Å². The van der Waals surface area contributed by atoms with Gasteiger partial charge in [-0.05, 0) is 42.5 Å². The third-order valence-electron chi connectivity index (χ3n) is 3.33. The second kappa shape index (κ2) is 8.38. The molecule has 25 heavy (non-hydrogen) atoms. The van der Waals surface area contributed by atoms with E-state index in [1.807, 2.05) is 0 Å². The Balaban J connectivity index is 2.15. The van der Waals surface area contributed by atoms with Crippen molar-refractivity contribution in [3.63, 3.8) is 0 Å². The molecule has 0 bridgehead atoms. The number of sulfonamides is 1. The maximum atomic E-state index is 12.6. The van der Waals surface area contributed by atoms with Gasteiger partial charge >= 0.3 is 0 Å². The number of halogens is 3. The van der Waals surface area contributed by atoms with Gasteiger partial charge < -0.3 is 5.32 Å². The minimum Gasteiger partial charge on any atom is -0.324 e. The number of likely N-dealkylation sites (N-methyl/N-ethyl adjacent to an activating group) is 1. The van der Waals surface area contributed by atoms with E-state index in [0.717, 1.165) is 4.31 Å². The van der Waals surface area contributed by atoms with Crippen LogP contribution in [-0.4, -0.2) is 31.7 Å². The Hall–Kier alpha value is -1.31. The Morgan fingerprint density at radius 1 is 1.04 bits per heavy atom. The zero-order chi connectivity index (χ0) is 18.6. The van der Waals surface area contributed by atoms with E-state index in [1.54, 1.807) is 19.1 Å². The van der Waals surface area contributed by atoms with Crippen molar-refractivity contribution >= 4 is 56.4 Å². The van der Waals surface area contributed by atoms with Crippen LogP contribution in [0.15, 0.2) is 47.4 Å². The molecule has 0 atom stereocenters. The molecule has 0 aliphatic rings. The molecular formula is C16H15Cl3N2O3S. The Labute approximate surface area is 161 Å². The largest absolute Gasteiger partial charge is 0.324 e. The monoisotopic (exact) mass is 420 g/mol. The number of carbonyl (C=O) groups is 1. The second-order valence-electron chi connectivity index (χ2n) is 5.06. The van der Waals surface area contributed by atoms with Crippen LogP contribution >= 0.6 is 34.8 Å². The first kappa shape index (κ1) is 20.0. The molecule has 0 heterocycles. The van der Waals surface area contributed by atoms with Gasteiger partial charge in [-0.1, -0.05) is 41.7 Å². The van der Waals surface area contributed by atoms with Crippen molar-refractivity contribution in [3.8, 4) is 0 Å². The van der Waals surface area contributed by atoms with E-state index in [4.69, 9.17) is 34.8 Å². The molecule has 2 rings (SSSR count). The molecule has 2 aromatic carbocycles. The number of rotatable bonds is 6. The molecule has 0 aromatic heterocycles. The molecule has 0 fully saturated rings. The van der Waals surface area contributed by atoms with E-state index in [-0.39, 0.29) is 23.0 Å². The lowest BCUT2D eigenvalue weighted by Gasteiger charge is -2.20. The zero-order valence-electron chi connectivity index (χ0n) is 13.2. The maximum Gasteiger partial charge on any atom is 0.243 e. The van der Waals surface area contributed by atoms with Crippen LogP contribution in [0.3, 0.4) is 0 Å². The van der Waals surface area contributed by atoms with E-state index >= 15 is 0 Å². The highest BCUT2D eigenvalue weighted by atomic mass is 35.5. The third-order valence-corrected chi connectivity index (χ3v) is 6.06. The minimum atomic E-state index is -3.81. The number of nitrogens with one attached hydrogen (secondary N) is 1. The van der Waals surface area contributed by atoms with Crippen molar-refractivity contribution in [1.82, 2.24) is 4.31 Å². The molecule has 1 N–H and O–H groups in total. The highest BCUT2D eigenvalue weighted by molar-refractivity contribution is 7.89. The van der Waals surface area contributed by atoms with Gasteiger partial charge in [-0.2, -0.15) is 4.31 Å². The first-order valence-corrected chi connectivity index (χ1v) is 9.82. The number of benzene rings is 2. The number of amides is 1. The first-order valence-electron chi connectivity index (χ1n) is 7.24. The van der Waals surface area contributed by atoms with Crippen molar-refractivity contribution in [1.29, 1.82) is 0 Å². The van der Waals surface area contributed by atoms with E-state index in [1.165, 1.54) is 30.3 Å². The summed E-state index contributed by atoms with van der Waals surface area (Å²) in [5.74, 6) is -0.511. The molecule has 0 aliphatic heterocycles. The smallest absolute Gasteiger partial charge is 0.243 e. The summed E-state index contributed by atoms with van der Waals surface area (Å²) in [7, 11) is -3.81. The summed E-state index contributed by atoms with van der Waals surface area (Å²) in [4.78, 5) is 12.3. The average molecular weight is 422 g/mol. The summed E-state index contributed by atoms with van der Waals surface area (Å²) in [6, 6.07) is 10.4. The number of anilines is 1. The van der Waals surface area contributed by atoms with Gasteiger partial charge in [0.05, 0.1) is 22.2 Å². The summed E-state index contributed by atoms with van der Waals surface area (Å²) < 4.78 is 26.3. The number of nitrogens with zero attached hydrogens (tertiary/aromatic N) is 1. The van der Waals surface area contributed by atoms with Crippen molar-refractivity contribution in [3.05, 3.63) is 57.5 Å². The topological polar surface area (TPSA) is 66.5 Å². The van der Waals surface area contributed by atoms with Crippen molar-refractivity contribution in [2.45, 2.75) is 11.8 Å². The van der Waals surface area contributed by atoms with E-state index < -0.39 is 15.9 Å². The minimum absolute atomic E-state index is 0.0658. The summed E-state index contributed by atoms with van der Waals surface area (Å²) in [5.41, 5.74) is 0.357. The van der Waals surface area contributed by atoms with Crippen LogP contribution in [0.25, 0.3) is 0 Å². The molecular weight excluding hydrogens is 407 g/mol. The van der Waals surface area contributed by atoms with Gasteiger partial charge in [-0.3, -0.25) is 4.79 Å². The van der Waals surface area contributed by atoms with Crippen LogP contribution in [0.5, 0.6) is 0 Å². The summed E-state index contributed by atoms with van der Waals surface area (Å²) in [6.45, 7) is 1.43. The summed E-state index contributed by atoms with van der Waals surface area (Å²) in [5, 5.41) is 3.71. The Morgan fingerprint density at radius 3 is 2.20 bits per heavy atom. The molecule has 9 heteroatoms. The molecule has 134 valence electrons. The molecule has 2 aromatic rings. The maximum absolute atomic E-state index is 12.6. The molecule has 0 spiro atoms. The Bertz CT molecular complexity index is 871. The molecule has 0 radical (unpaired) electrons. The third kappa shape index (κ3) is 5.09. The average Bonchev–Trinajstić information content (AvgIpc) is 2.55. The Morgan fingerprint density at radius 2 is 1.64 bits per heavy atom. The van der Waals surface area contributed by atoms with Gasteiger partial charge in [-0.15, -0.1) is 0 Å². The van der Waals surface area contributed by atoms with Crippen molar-refractivity contribution < 1.29 is 13.2 Å². The van der Waals surface area contributed by atoms with Crippen LogP contribution in [0, 0.1) is 0 Å². The van der Waals surface area contributed by atoms with Crippen LogP contribution in [-0.2, 0) is 14.8 Å². The van der Waals surface area contributed by atoms with Gasteiger partial charge in [0.25, 0.3) is 0 Å². The number of hydrogen-bond donors (Lipinski definition) is 1. The SMILES string of the molecule is CCN(CC(=O)Nc1ccc(Cl)cc1Cl)S(=O)(=O)c1ccc(Cl)cc1. The normalized spacial score (nSPS) is 11.6. The quantitative estimate of drug-likeness (QED) is 0.756. The molecule has 0 unspecified atom stereocenters. The Kier molecular flexibility index (Phi) is 6.71. The van der Waals surface area contributed by atoms with Gasteiger partial charge in [0.2, 0.25) is 15.9 Å². The van der Waals surface area contributed by atoms with E-state index in [2.05, 4.69) is 5.32 Å². The standard InChI is InChI=1S/C16H15Cl3N2O3S/c1-2-21(25(23,24)13-6-3-11(17)4-7-13)10-16(22)20-15-8-5-12(18)9-14(15)19/h3-9H,2,10H2,1H3,(H,20,22).